The molecule has 3 rings (SSSR count). The van der Waals surface area contributed by atoms with Crippen LogP contribution in [0.15, 0.2) is 18.5 Å². The van der Waals surface area contributed by atoms with E-state index < -0.39 is 28.1 Å². The molecule has 2 unspecified atom stereocenters. The number of pyridine rings is 1. The minimum atomic E-state index is -4.52. The number of hydrogen-bond acceptors (Lipinski definition) is 3. The Bertz CT molecular complexity index is 545. The SMILES string of the molecule is O=S1C2CCC1CC(O)(c1cnccc1C(F)(F)F)C2. The number of fused-ring (bicyclic) bond motifs is 2. The molecule has 3 nitrogen and oxygen atoms in total. The van der Waals surface area contributed by atoms with Gasteiger partial charge in [-0.15, -0.1) is 0 Å². The van der Waals surface area contributed by atoms with Crippen LogP contribution < -0.4 is 0 Å². The fourth-order valence-corrected chi connectivity index (χ4v) is 5.47. The molecule has 2 bridgehead atoms. The predicted octanol–water partition coefficient (Wildman–Crippen LogP) is 2.36. The number of halogens is 3. The number of nitrogens with zero attached hydrogens (tertiary/aromatic N) is 1. The highest BCUT2D eigenvalue weighted by Gasteiger charge is 2.51. The van der Waals surface area contributed by atoms with E-state index in [4.69, 9.17) is 0 Å². The van der Waals surface area contributed by atoms with Gasteiger partial charge in [0.1, 0.15) is 0 Å². The van der Waals surface area contributed by atoms with Crippen molar-refractivity contribution in [3.05, 3.63) is 29.6 Å². The number of hydrogen-bond donors (Lipinski definition) is 1. The summed E-state index contributed by atoms with van der Waals surface area (Å²) in [6.45, 7) is 0. The lowest BCUT2D eigenvalue weighted by Crippen LogP contribution is -2.41. The van der Waals surface area contributed by atoms with E-state index in [2.05, 4.69) is 4.98 Å². The van der Waals surface area contributed by atoms with Crippen LogP contribution in [0.5, 0.6) is 0 Å². The van der Waals surface area contributed by atoms with Gasteiger partial charge in [0.25, 0.3) is 0 Å². The lowest BCUT2D eigenvalue weighted by molar-refractivity contribution is -0.141. The van der Waals surface area contributed by atoms with Gasteiger partial charge in [-0.1, -0.05) is 0 Å². The van der Waals surface area contributed by atoms with Crippen molar-refractivity contribution in [3.63, 3.8) is 0 Å². The molecule has 2 aliphatic rings. The second-order valence-electron chi connectivity index (χ2n) is 5.51. The lowest BCUT2D eigenvalue weighted by Gasteiger charge is -2.37. The highest BCUT2D eigenvalue weighted by Crippen LogP contribution is 2.48. The van der Waals surface area contributed by atoms with Gasteiger partial charge in [0.05, 0.1) is 11.2 Å². The van der Waals surface area contributed by atoms with Crippen molar-refractivity contribution in [2.75, 3.05) is 0 Å². The summed E-state index contributed by atoms with van der Waals surface area (Å²) in [4.78, 5) is 3.73. The van der Waals surface area contributed by atoms with E-state index in [-0.39, 0.29) is 28.9 Å². The zero-order chi connectivity index (χ0) is 14.5. The summed E-state index contributed by atoms with van der Waals surface area (Å²) in [5.41, 5.74) is -2.60. The topological polar surface area (TPSA) is 50.2 Å². The van der Waals surface area contributed by atoms with Crippen LogP contribution in [0.1, 0.15) is 36.8 Å². The monoisotopic (exact) mass is 305 g/mol. The first-order chi connectivity index (χ1) is 9.31. The first-order valence-electron chi connectivity index (χ1n) is 6.45. The summed E-state index contributed by atoms with van der Waals surface area (Å²) in [7, 11) is -1.03. The smallest absolute Gasteiger partial charge is 0.385 e. The van der Waals surface area contributed by atoms with Gasteiger partial charge in [-0.25, -0.2) is 0 Å². The Kier molecular flexibility index (Phi) is 3.17. The fourth-order valence-electron chi connectivity index (χ4n) is 3.31. The van der Waals surface area contributed by atoms with Crippen LogP contribution in [-0.4, -0.2) is 24.8 Å². The Hall–Kier alpha value is -0.950. The van der Waals surface area contributed by atoms with Crippen LogP contribution in [0, 0.1) is 0 Å². The molecule has 0 aliphatic carbocycles. The Labute approximate surface area is 116 Å². The number of aromatic nitrogens is 1. The molecule has 1 aromatic heterocycles. The quantitative estimate of drug-likeness (QED) is 0.866. The molecule has 3 heterocycles. The molecule has 2 atom stereocenters. The first kappa shape index (κ1) is 14.0. The van der Waals surface area contributed by atoms with E-state index in [1.54, 1.807) is 0 Å². The van der Waals surface area contributed by atoms with Crippen LogP contribution in [0.4, 0.5) is 13.2 Å². The van der Waals surface area contributed by atoms with Gasteiger partial charge in [0, 0.05) is 39.3 Å². The maximum Gasteiger partial charge on any atom is 0.416 e. The molecule has 110 valence electrons. The molecule has 0 amide bonds. The van der Waals surface area contributed by atoms with Crippen LogP contribution in [0.3, 0.4) is 0 Å². The summed E-state index contributed by atoms with van der Waals surface area (Å²) in [5.74, 6) is 0. The third kappa shape index (κ3) is 2.16. The molecular weight excluding hydrogens is 291 g/mol. The van der Waals surface area contributed by atoms with Gasteiger partial charge in [-0.05, 0) is 31.7 Å². The van der Waals surface area contributed by atoms with E-state index in [0.717, 1.165) is 18.5 Å². The second kappa shape index (κ2) is 4.53. The van der Waals surface area contributed by atoms with Crippen molar-refractivity contribution in [1.82, 2.24) is 4.98 Å². The molecule has 2 fully saturated rings. The average molecular weight is 305 g/mol. The minimum absolute atomic E-state index is 0.116. The van der Waals surface area contributed by atoms with Crippen molar-refractivity contribution in [2.45, 2.75) is 48.0 Å². The van der Waals surface area contributed by atoms with E-state index in [1.807, 2.05) is 0 Å². The van der Waals surface area contributed by atoms with E-state index in [0.29, 0.717) is 12.8 Å². The van der Waals surface area contributed by atoms with Gasteiger partial charge in [-0.3, -0.25) is 9.19 Å². The van der Waals surface area contributed by atoms with Crippen LogP contribution in [0.25, 0.3) is 0 Å². The third-order valence-electron chi connectivity index (χ3n) is 4.23. The second-order valence-corrected chi connectivity index (χ2v) is 7.50. The van der Waals surface area contributed by atoms with Gasteiger partial charge < -0.3 is 5.11 Å². The molecule has 0 spiro atoms. The zero-order valence-corrected chi connectivity index (χ0v) is 11.4. The Balaban J connectivity index is 2.03. The molecule has 0 saturated carbocycles. The van der Waals surface area contributed by atoms with Crippen molar-refractivity contribution < 1.29 is 22.5 Å². The molecule has 1 aromatic rings. The average Bonchev–Trinajstić information content (AvgIpc) is 2.62. The molecule has 20 heavy (non-hydrogen) atoms. The highest BCUT2D eigenvalue weighted by atomic mass is 32.2. The lowest BCUT2D eigenvalue weighted by atomic mass is 9.84. The normalized spacial score (nSPS) is 37.1. The summed E-state index contributed by atoms with van der Waals surface area (Å²) < 4.78 is 51.1. The van der Waals surface area contributed by atoms with Crippen molar-refractivity contribution in [2.24, 2.45) is 0 Å². The van der Waals surface area contributed by atoms with Gasteiger partial charge in [-0.2, -0.15) is 13.2 Å². The van der Waals surface area contributed by atoms with E-state index in [9.17, 15) is 22.5 Å². The Morgan fingerprint density at radius 2 is 1.90 bits per heavy atom. The molecule has 0 aromatic carbocycles. The van der Waals surface area contributed by atoms with Crippen molar-refractivity contribution in [1.29, 1.82) is 0 Å². The summed E-state index contributed by atoms with van der Waals surface area (Å²) >= 11 is 0. The van der Waals surface area contributed by atoms with Crippen LogP contribution in [0.2, 0.25) is 0 Å². The first-order valence-corrected chi connectivity index (χ1v) is 7.72. The molecule has 1 N–H and O–H groups in total. The maximum absolute atomic E-state index is 13.1. The summed E-state index contributed by atoms with van der Waals surface area (Å²) in [6, 6.07) is 0.890. The summed E-state index contributed by atoms with van der Waals surface area (Å²) in [5, 5.41) is 10.3. The molecular formula is C13H14F3NO2S. The standard InChI is InChI=1S/C13H14F3NO2S/c14-13(15,16)10-3-4-17-7-11(10)12(18)5-8-1-2-9(6-12)20(8)19/h3-4,7-9,18H,1-2,5-6H2. The predicted molar refractivity (Wildman–Crippen MR) is 67.3 cm³/mol. The number of alkyl halides is 3. The molecule has 0 radical (unpaired) electrons. The Morgan fingerprint density at radius 3 is 2.45 bits per heavy atom. The largest absolute Gasteiger partial charge is 0.416 e. The van der Waals surface area contributed by atoms with Crippen molar-refractivity contribution in [3.8, 4) is 0 Å². The number of rotatable bonds is 1. The van der Waals surface area contributed by atoms with E-state index >= 15 is 0 Å². The minimum Gasteiger partial charge on any atom is -0.385 e. The summed E-state index contributed by atoms with van der Waals surface area (Å²) in [6.07, 6.45) is -0.705. The van der Waals surface area contributed by atoms with Crippen molar-refractivity contribution >= 4 is 10.8 Å². The maximum atomic E-state index is 13.1. The number of aliphatic hydroxyl groups is 1. The van der Waals surface area contributed by atoms with Gasteiger partial charge >= 0.3 is 6.18 Å². The van der Waals surface area contributed by atoms with Gasteiger partial charge in [0.15, 0.2) is 0 Å². The van der Waals surface area contributed by atoms with E-state index in [1.165, 1.54) is 0 Å². The highest BCUT2D eigenvalue weighted by molar-refractivity contribution is 7.86. The Morgan fingerprint density at radius 1 is 1.30 bits per heavy atom. The zero-order valence-electron chi connectivity index (χ0n) is 10.6. The van der Waals surface area contributed by atoms with Gasteiger partial charge in [0.2, 0.25) is 0 Å². The van der Waals surface area contributed by atoms with Crippen LogP contribution >= 0.6 is 0 Å². The van der Waals surface area contributed by atoms with Crippen LogP contribution in [-0.2, 0) is 22.6 Å². The molecule has 2 aliphatic heterocycles. The molecule has 7 heteroatoms. The fraction of sp³-hybridized carbons (Fsp3) is 0.615. The third-order valence-corrected chi connectivity index (χ3v) is 6.35. The molecule has 2 saturated heterocycles.